The fourth-order valence-corrected chi connectivity index (χ4v) is 0.916. The van der Waals surface area contributed by atoms with Gasteiger partial charge in [-0.25, -0.2) is 0 Å². The molecular weight excluding hydrogens is 111 g/mol. The molecule has 0 aliphatic carbocycles. The molecule has 0 N–H and O–H groups in total. The summed E-state index contributed by atoms with van der Waals surface area (Å²) in [6, 6.07) is 0. The van der Waals surface area contributed by atoms with Crippen LogP contribution in [0.2, 0.25) is 0 Å². The average Bonchev–Trinajstić information content (AvgIpc) is 1.69. The SMILES string of the molecule is [CH2-]CCCCSC.[Li+]. The molecule has 0 aliphatic heterocycles. The predicted molar refractivity (Wildman–Crippen MR) is 37.6 cm³/mol. The van der Waals surface area contributed by atoms with E-state index in [9.17, 15) is 0 Å². The summed E-state index contributed by atoms with van der Waals surface area (Å²) in [5.74, 6) is 1.30. The molecule has 8 heavy (non-hydrogen) atoms. The van der Waals surface area contributed by atoms with Crippen LogP contribution in [0.5, 0.6) is 0 Å². The molecule has 0 spiro atoms. The molecule has 0 aromatic heterocycles. The third-order valence-electron chi connectivity index (χ3n) is 0.848. The second-order valence-corrected chi connectivity index (χ2v) is 2.54. The Morgan fingerprint density at radius 1 is 1.38 bits per heavy atom. The van der Waals surface area contributed by atoms with Crippen molar-refractivity contribution in [2.45, 2.75) is 19.3 Å². The van der Waals surface area contributed by atoms with Crippen molar-refractivity contribution in [2.75, 3.05) is 12.0 Å². The van der Waals surface area contributed by atoms with E-state index >= 15 is 0 Å². The Hall–Kier alpha value is 0.947. The van der Waals surface area contributed by atoms with Crippen LogP contribution in [0.1, 0.15) is 19.3 Å². The monoisotopic (exact) mass is 124 g/mol. The fraction of sp³-hybridized carbons (Fsp3) is 0.833. The van der Waals surface area contributed by atoms with Crippen LogP contribution >= 0.6 is 11.8 Å². The van der Waals surface area contributed by atoms with Gasteiger partial charge in [0.25, 0.3) is 0 Å². The van der Waals surface area contributed by atoms with Crippen molar-refractivity contribution >= 4 is 11.8 Å². The second-order valence-electron chi connectivity index (χ2n) is 1.55. The van der Waals surface area contributed by atoms with Gasteiger partial charge in [-0.15, -0.1) is 0 Å². The van der Waals surface area contributed by atoms with Crippen LogP contribution in [-0.2, 0) is 0 Å². The first-order valence-electron chi connectivity index (χ1n) is 2.70. The Kier molecular flexibility index (Phi) is 15.9. The van der Waals surface area contributed by atoms with Crippen LogP contribution in [0.3, 0.4) is 0 Å². The van der Waals surface area contributed by atoms with E-state index in [2.05, 4.69) is 13.2 Å². The summed E-state index contributed by atoms with van der Waals surface area (Å²) in [4.78, 5) is 0. The van der Waals surface area contributed by atoms with E-state index in [4.69, 9.17) is 0 Å². The summed E-state index contributed by atoms with van der Waals surface area (Å²) < 4.78 is 0. The van der Waals surface area contributed by atoms with Gasteiger partial charge in [-0.1, -0.05) is 6.42 Å². The van der Waals surface area contributed by atoms with Crippen molar-refractivity contribution in [1.29, 1.82) is 0 Å². The van der Waals surface area contributed by atoms with Gasteiger partial charge in [0.15, 0.2) is 0 Å². The van der Waals surface area contributed by atoms with Crippen LogP contribution in [0.25, 0.3) is 0 Å². The van der Waals surface area contributed by atoms with Crippen molar-refractivity contribution in [1.82, 2.24) is 0 Å². The topological polar surface area (TPSA) is 0 Å². The van der Waals surface area contributed by atoms with Gasteiger partial charge in [0, 0.05) is 0 Å². The van der Waals surface area contributed by atoms with Gasteiger partial charge in [0.1, 0.15) is 0 Å². The molecule has 0 amide bonds. The minimum atomic E-state index is 0. The summed E-state index contributed by atoms with van der Waals surface area (Å²) in [5.41, 5.74) is 0. The summed E-state index contributed by atoms with van der Waals surface area (Å²) in [6.45, 7) is 3.75. The molecule has 0 nitrogen and oxygen atoms in total. The minimum Gasteiger partial charge on any atom is -0.343 e. The van der Waals surface area contributed by atoms with E-state index < -0.39 is 0 Å². The van der Waals surface area contributed by atoms with Crippen LogP contribution in [0, 0.1) is 6.92 Å². The summed E-state index contributed by atoms with van der Waals surface area (Å²) in [5, 5.41) is 0. The normalized spacial score (nSPS) is 8.25. The molecule has 44 valence electrons. The standard InChI is InChI=1S/C6H13S.Li/c1-3-4-5-6-7-2;/h1,3-6H2,2H3;/q-1;+1. The molecule has 0 aliphatic rings. The van der Waals surface area contributed by atoms with Crippen LogP contribution in [0.4, 0.5) is 0 Å². The fourth-order valence-electron chi connectivity index (χ4n) is 0.423. The first-order valence-corrected chi connectivity index (χ1v) is 4.09. The number of rotatable bonds is 4. The number of thioether (sulfide) groups is 1. The van der Waals surface area contributed by atoms with Crippen molar-refractivity contribution in [3.05, 3.63) is 6.92 Å². The van der Waals surface area contributed by atoms with Gasteiger partial charge < -0.3 is 6.92 Å². The van der Waals surface area contributed by atoms with Crippen LogP contribution < -0.4 is 18.9 Å². The van der Waals surface area contributed by atoms with Gasteiger partial charge >= 0.3 is 18.9 Å². The van der Waals surface area contributed by atoms with Crippen molar-refractivity contribution in [3.63, 3.8) is 0 Å². The molecule has 0 saturated carbocycles. The number of hydrogen-bond acceptors (Lipinski definition) is 1. The van der Waals surface area contributed by atoms with Crippen LogP contribution in [-0.4, -0.2) is 12.0 Å². The Labute approximate surface area is 69.0 Å². The van der Waals surface area contributed by atoms with E-state index in [0.29, 0.717) is 0 Å². The smallest absolute Gasteiger partial charge is 0.343 e. The summed E-state index contributed by atoms with van der Waals surface area (Å²) in [7, 11) is 0. The molecule has 0 atom stereocenters. The summed E-state index contributed by atoms with van der Waals surface area (Å²) >= 11 is 1.91. The zero-order valence-electron chi connectivity index (χ0n) is 5.94. The largest absolute Gasteiger partial charge is 1.00 e. The molecule has 0 saturated heterocycles. The molecule has 0 radical (unpaired) electrons. The van der Waals surface area contributed by atoms with Crippen LogP contribution in [0.15, 0.2) is 0 Å². The quantitative estimate of drug-likeness (QED) is 0.273. The molecule has 0 bridgehead atoms. The van der Waals surface area contributed by atoms with E-state index in [-0.39, 0.29) is 18.9 Å². The first kappa shape index (κ1) is 11.7. The van der Waals surface area contributed by atoms with E-state index in [1.807, 2.05) is 11.8 Å². The minimum absolute atomic E-state index is 0. The van der Waals surface area contributed by atoms with E-state index in [1.54, 1.807) is 0 Å². The third-order valence-corrected chi connectivity index (χ3v) is 1.55. The number of unbranched alkanes of at least 4 members (excludes halogenated alkanes) is 2. The molecule has 2 heteroatoms. The van der Waals surface area contributed by atoms with E-state index in [1.165, 1.54) is 18.6 Å². The Morgan fingerprint density at radius 3 is 2.38 bits per heavy atom. The van der Waals surface area contributed by atoms with E-state index in [0.717, 1.165) is 6.42 Å². The second kappa shape index (κ2) is 10.8. The molecule has 0 aromatic rings. The van der Waals surface area contributed by atoms with Crippen molar-refractivity contribution in [3.8, 4) is 0 Å². The maximum Gasteiger partial charge on any atom is 1.00 e. The Bertz CT molecular complexity index is 27.7. The van der Waals surface area contributed by atoms with Gasteiger partial charge in [-0.3, -0.25) is 0 Å². The Morgan fingerprint density at radius 2 is 2.00 bits per heavy atom. The number of hydrogen-bond donors (Lipinski definition) is 0. The maximum absolute atomic E-state index is 3.75. The van der Waals surface area contributed by atoms with Gasteiger partial charge in [-0.05, 0) is 18.4 Å². The van der Waals surface area contributed by atoms with Crippen molar-refractivity contribution < 1.29 is 18.9 Å². The van der Waals surface area contributed by atoms with Crippen molar-refractivity contribution in [2.24, 2.45) is 0 Å². The van der Waals surface area contributed by atoms with Gasteiger partial charge in [0.05, 0.1) is 0 Å². The third kappa shape index (κ3) is 10.0. The zero-order chi connectivity index (χ0) is 5.54. The molecule has 0 heterocycles. The van der Waals surface area contributed by atoms with Gasteiger partial charge in [0.2, 0.25) is 0 Å². The average molecular weight is 124 g/mol. The Balaban J connectivity index is 0. The molecule has 0 aromatic carbocycles. The molecule has 0 rings (SSSR count). The predicted octanol–water partition coefficient (Wildman–Crippen LogP) is -0.642. The molecule has 0 unspecified atom stereocenters. The van der Waals surface area contributed by atoms with Gasteiger partial charge in [-0.2, -0.15) is 18.2 Å². The first-order chi connectivity index (χ1) is 3.41. The molecule has 0 fully saturated rings. The zero-order valence-corrected chi connectivity index (χ0v) is 6.76. The maximum atomic E-state index is 3.75. The summed E-state index contributed by atoms with van der Waals surface area (Å²) in [6.07, 6.45) is 5.87. The molecular formula is C6H13LiS.